The van der Waals surface area contributed by atoms with Crippen LogP contribution >= 0.6 is 23.2 Å². The Morgan fingerprint density at radius 1 is 0.931 bits per heavy atom. The van der Waals surface area contributed by atoms with Gasteiger partial charge >= 0.3 is 0 Å². The van der Waals surface area contributed by atoms with E-state index in [0.717, 1.165) is 5.56 Å². The smallest absolute Gasteiger partial charge is 0.271 e. The van der Waals surface area contributed by atoms with E-state index in [1.54, 1.807) is 48.5 Å². The summed E-state index contributed by atoms with van der Waals surface area (Å²) in [6, 6.07) is 18.8. The van der Waals surface area contributed by atoms with Crippen molar-refractivity contribution in [3.05, 3.63) is 99.0 Å². The molecule has 146 valence electrons. The van der Waals surface area contributed by atoms with E-state index in [2.05, 4.69) is 15.8 Å². The van der Waals surface area contributed by atoms with Crippen LogP contribution in [-0.2, 0) is 0 Å². The van der Waals surface area contributed by atoms with Crippen LogP contribution in [0.25, 0.3) is 0 Å². The summed E-state index contributed by atoms with van der Waals surface area (Å²) >= 11 is 11.9. The molecule has 0 spiro atoms. The Labute approximate surface area is 178 Å². The topological polar surface area (TPSA) is 70.6 Å². The highest BCUT2D eigenvalue weighted by Crippen LogP contribution is 2.19. The average molecular weight is 426 g/mol. The number of nitrogens with zero attached hydrogens (tertiary/aromatic N) is 1. The van der Waals surface area contributed by atoms with Gasteiger partial charge in [0.15, 0.2) is 0 Å². The third kappa shape index (κ3) is 5.44. The molecule has 0 aromatic heterocycles. The van der Waals surface area contributed by atoms with E-state index in [-0.39, 0.29) is 11.8 Å². The molecule has 0 heterocycles. The van der Waals surface area contributed by atoms with Crippen molar-refractivity contribution in [2.75, 3.05) is 5.32 Å². The normalized spacial score (nSPS) is 10.7. The lowest BCUT2D eigenvalue weighted by Gasteiger charge is -2.08. The van der Waals surface area contributed by atoms with Crippen LogP contribution in [0.5, 0.6) is 0 Å². The molecule has 0 bridgehead atoms. The first-order valence-electron chi connectivity index (χ1n) is 8.69. The molecule has 29 heavy (non-hydrogen) atoms. The Bertz CT molecular complexity index is 1080. The first-order chi connectivity index (χ1) is 13.9. The summed E-state index contributed by atoms with van der Waals surface area (Å²) in [6.45, 7) is 1.88. The fraction of sp³-hybridized carbons (Fsp3) is 0.0455. The van der Waals surface area contributed by atoms with Gasteiger partial charge in [0.2, 0.25) is 0 Å². The number of aryl methyl sites for hydroxylation is 1. The molecule has 5 nitrogen and oxygen atoms in total. The molecule has 3 aromatic rings. The predicted molar refractivity (Wildman–Crippen MR) is 117 cm³/mol. The van der Waals surface area contributed by atoms with Gasteiger partial charge in [-0.2, -0.15) is 5.10 Å². The maximum absolute atomic E-state index is 12.3. The summed E-state index contributed by atoms with van der Waals surface area (Å²) in [7, 11) is 0. The number of carbonyl (C=O) groups is 2. The zero-order valence-electron chi connectivity index (χ0n) is 15.4. The molecule has 2 N–H and O–H groups in total. The summed E-state index contributed by atoms with van der Waals surface area (Å²) in [5, 5.41) is 7.68. The lowest BCUT2D eigenvalue weighted by atomic mass is 10.1. The fourth-order valence-electron chi connectivity index (χ4n) is 2.56. The highest BCUT2D eigenvalue weighted by atomic mass is 35.5. The Morgan fingerprint density at radius 2 is 1.66 bits per heavy atom. The van der Waals surface area contributed by atoms with Gasteiger partial charge in [-0.15, -0.1) is 0 Å². The first-order valence-corrected chi connectivity index (χ1v) is 9.45. The van der Waals surface area contributed by atoms with Gasteiger partial charge in [0, 0.05) is 27.4 Å². The first kappa shape index (κ1) is 20.6. The standard InChI is InChI=1S/C22H17Cl2N3O2/c1-14-4-2-3-5-19(14)22(29)26-18-10-7-15(8-11-18)21(28)27-25-13-16-6-9-17(23)12-20(16)24/h2-13H,1H3,(H,26,29)(H,27,28). The summed E-state index contributed by atoms with van der Waals surface area (Å²) in [6.07, 6.45) is 1.44. The number of hydrogen-bond donors (Lipinski definition) is 2. The van der Waals surface area contributed by atoms with Crippen LogP contribution in [0, 0.1) is 6.92 Å². The lowest BCUT2D eigenvalue weighted by molar-refractivity contribution is 0.0954. The molecule has 3 rings (SSSR count). The second kappa shape index (κ2) is 9.37. The third-order valence-corrected chi connectivity index (χ3v) is 4.69. The van der Waals surface area contributed by atoms with Crippen molar-refractivity contribution in [1.82, 2.24) is 5.43 Å². The number of nitrogens with one attached hydrogen (secondary N) is 2. The van der Waals surface area contributed by atoms with Crippen LogP contribution in [-0.4, -0.2) is 18.0 Å². The summed E-state index contributed by atoms with van der Waals surface area (Å²) < 4.78 is 0. The molecule has 7 heteroatoms. The quantitative estimate of drug-likeness (QED) is 0.428. The molecule has 0 aliphatic rings. The number of hydrogen-bond acceptors (Lipinski definition) is 3. The second-order valence-electron chi connectivity index (χ2n) is 6.21. The van der Waals surface area contributed by atoms with E-state index in [4.69, 9.17) is 23.2 Å². The molecular formula is C22H17Cl2N3O2. The van der Waals surface area contributed by atoms with Crippen LogP contribution in [0.15, 0.2) is 71.8 Å². The zero-order valence-corrected chi connectivity index (χ0v) is 17.0. The number of amides is 2. The van der Waals surface area contributed by atoms with Crippen molar-refractivity contribution < 1.29 is 9.59 Å². The molecular weight excluding hydrogens is 409 g/mol. The summed E-state index contributed by atoms with van der Waals surface area (Å²) in [4.78, 5) is 24.6. The molecule has 0 saturated heterocycles. The Balaban J connectivity index is 1.60. The van der Waals surface area contributed by atoms with Crippen LogP contribution in [0.2, 0.25) is 10.0 Å². The SMILES string of the molecule is Cc1ccccc1C(=O)Nc1ccc(C(=O)NN=Cc2ccc(Cl)cc2Cl)cc1. The van der Waals surface area contributed by atoms with Gasteiger partial charge in [0.05, 0.1) is 11.2 Å². The number of rotatable bonds is 5. The van der Waals surface area contributed by atoms with E-state index in [9.17, 15) is 9.59 Å². The molecule has 0 atom stereocenters. The van der Waals surface area contributed by atoms with Gasteiger partial charge in [-0.3, -0.25) is 9.59 Å². The van der Waals surface area contributed by atoms with Crippen LogP contribution in [0.3, 0.4) is 0 Å². The maximum Gasteiger partial charge on any atom is 0.271 e. The third-order valence-electron chi connectivity index (χ3n) is 4.13. The minimum atomic E-state index is -0.386. The number of halogens is 2. The van der Waals surface area contributed by atoms with Crippen molar-refractivity contribution in [1.29, 1.82) is 0 Å². The molecule has 0 fully saturated rings. The summed E-state index contributed by atoms with van der Waals surface area (Å²) in [5.74, 6) is -0.590. The highest BCUT2D eigenvalue weighted by molar-refractivity contribution is 6.36. The van der Waals surface area contributed by atoms with E-state index in [0.29, 0.717) is 32.4 Å². The minimum Gasteiger partial charge on any atom is -0.322 e. The van der Waals surface area contributed by atoms with E-state index >= 15 is 0 Å². The van der Waals surface area contributed by atoms with Gasteiger partial charge in [0.25, 0.3) is 11.8 Å². The Morgan fingerprint density at radius 3 is 2.34 bits per heavy atom. The molecule has 0 aliphatic carbocycles. The van der Waals surface area contributed by atoms with Gasteiger partial charge in [0.1, 0.15) is 0 Å². The molecule has 0 unspecified atom stereocenters. The van der Waals surface area contributed by atoms with Crippen LogP contribution in [0.1, 0.15) is 31.8 Å². The molecule has 0 aliphatic heterocycles. The lowest BCUT2D eigenvalue weighted by Crippen LogP contribution is -2.18. The summed E-state index contributed by atoms with van der Waals surface area (Å²) in [5.41, 5.74) is 5.54. The molecule has 0 radical (unpaired) electrons. The van der Waals surface area contributed by atoms with Crippen molar-refractivity contribution >= 4 is 46.9 Å². The molecule has 0 saturated carbocycles. The minimum absolute atomic E-state index is 0.204. The largest absolute Gasteiger partial charge is 0.322 e. The number of hydrazone groups is 1. The van der Waals surface area contributed by atoms with Crippen LogP contribution < -0.4 is 10.7 Å². The van der Waals surface area contributed by atoms with Gasteiger partial charge in [-0.25, -0.2) is 5.43 Å². The van der Waals surface area contributed by atoms with E-state index in [1.807, 2.05) is 25.1 Å². The van der Waals surface area contributed by atoms with Crippen molar-refractivity contribution in [2.24, 2.45) is 5.10 Å². The number of carbonyl (C=O) groups excluding carboxylic acids is 2. The number of benzene rings is 3. The zero-order chi connectivity index (χ0) is 20.8. The molecule has 2 amide bonds. The second-order valence-corrected chi connectivity index (χ2v) is 7.05. The predicted octanol–water partition coefficient (Wildman–Crippen LogP) is 5.32. The fourth-order valence-corrected chi connectivity index (χ4v) is 3.02. The van der Waals surface area contributed by atoms with Gasteiger partial charge in [-0.05, 0) is 55.0 Å². The van der Waals surface area contributed by atoms with Gasteiger partial charge < -0.3 is 5.32 Å². The van der Waals surface area contributed by atoms with Crippen molar-refractivity contribution in [2.45, 2.75) is 6.92 Å². The Hall–Kier alpha value is -3.15. The van der Waals surface area contributed by atoms with Crippen molar-refractivity contribution in [3.63, 3.8) is 0 Å². The van der Waals surface area contributed by atoms with E-state index < -0.39 is 0 Å². The average Bonchev–Trinajstić information content (AvgIpc) is 2.70. The monoisotopic (exact) mass is 425 g/mol. The Kier molecular flexibility index (Phi) is 6.65. The van der Waals surface area contributed by atoms with Gasteiger partial charge in [-0.1, -0.05) is 47.5 Å². The highest BCUT2D eigenvalue weighted by Gasteiger charge is 2.09. The number of anilines is 1. The molecule has 3 aromatic carbocycles. The van der Waals surface area contributed by atoms with Crippen LogP contribution in [0.4, 0.5) is 5.69 Å². The van der Waals surface area contributed by atoms with E-state index in [1.165, 1.54) is 6.21 Å². The maximum atomic E-state index is 12.3. The van der Waals surface area contributed by atoms with Crippen molar-refractivity contribution in [3.8, 4) is 0 Å².